The zero-order valence-electron chi connectivity index (χ0n) is 13.1. The summed E-state index contributed by atoms with van der Waals surface area (Å²) < 4.78 is 1.79. The van der Waals surface area contributed by atoms with Crippen LogP contribution in [0, 0.1) is 0 Å². The average molecular weight is 285 g/mol. The number of aryl methyl sites for hydroxylation is 1. The lowest BCUT2D eigenvalue weighted by Crippen LogP contribution is -2.23. The van der Waals surface area contributed by atoms with Crippen LogP contribution in [-0.4, -0.2) is 14.9 Å². The number of nitrogens with one attached hydrogen (secondary N) is 1. The first-order chi connectivity index (χ1) is 9.88. The molecule has 112 valence electrons. The number of fused-ring (bicyclic) bond motifs is 1. The van der Waals surface area contributed by atoms with Crippen molar-refractivity contribution >= 4 is 0 Å². The molecule has 2 atom stereocenters. The topological polar surface area (TPSA) is 50.1 Å². The number of aliphatic hydroxyl groups excluding tert-OH is 1. The highest BCUT2D eigenvalue weighted by molar-refractivity contribution is 5.37. The Labute approximate surface area is 125 Å². The lowest BCUT2D eigenvalue weighted by Gasteiger charge is -2.24. The number of benzene rings is 1. The molecule has 2 unspecified atom stereocenters. The normalized spacial score (nSPS) is 19.6. The summed E-state index contributed by atoms with van der Waals surface area (Å²) in [6.07, 6.45) is 1.35. The van der Waals surface area contributed by atoms with Gasteiger partial charge >= 0.3 is 0 Å². The second-order valence-corrected chi connectivity index (χ2v) is 6.86. The predicted octanol–water partition coefficient (Wildman–Crippen LogP) is 2.60. The van der Waals surface area contributed by atoms with Crippen molar-refractivity contribution in [3.8, 4) is 0 Å². The van der Waals surface area contributed by atoms with Crippen LogP contribution in [0.5, 0.6) is 0 Å². The van der Waals surface area contributed by atoms with Gasteiger partial charge in [0.1, 0.15) is 6.10 Å². The fraction of sp³-hybridized carbons (Fsp3) is 0.471. The highest BCUT2D eigenvalue weighted by Crippen LogP contribution is 2.38. The maximum absolute atomic E-state index is 10.9. The molecule has 0 fully saturated rings. The third kappa shape index (κ3) is 2.49. The van der Waals surface area contributed by atoms with Crippen molar-refractivity contribution in [2.75, 3.05) is 0 Å². The Morgan fingerprint density at radius 3 is 2.76 bits per heavy atom. The molecule has 1 aliphatic rings. The monoisotopic (exact) mass is 285 g/mol. The van der Waals surface area contributed by atoms with Gasteiger partial charge in [0.2, 0.25) is 0 Å². The summed E-state index contributed by atoms with van der Waals surface area (Å²) in [6.45, 7) is 7.19. The maximum Gasteiger partial charge on any atom is 0.102 e. The minimum absolute atomic E-state index is 0.0634. The molecule has 2 aromatic rings. The second kappa shape index (κ2) is 4.97. The van der Waals surface area contributed by atoms with Crippen molar-refractivity contribution < 1.29 is 5.11 Å². The zero-order valence-corrected chi connectivity index (χ0v) is 13.1. The van der Waals surface area contributed by atoms with E-state index in [1.807, 2.05) is 25.4 Å². The Morgan fingerprint density at radius 1 is 1.33 bits per heavy atom. The third-order valence-electron chi connectivity index (χ3n) is 4.10. The molecule has 2 N–H and O–H groups in total. The molecule has 3 rings (SSSR count). The molecule has 0 saturated carbocycles. The molecule has 21 heavy (non-hydrogen) atoms. The molecule has 0 aliphatic carbocycles. The van der Waals surface area contributed by atoms with E-state index in [1.165, 1.54) is 11.1 Å². The van der Waals surface area contributed by atoms with Crippen molar-refractivity contribution in [3.05, 3.63) is 52.8 Å². The van der Waals surface area contributed by atoms with Gasteiger partial charge in [0.15, 0.2) is 0 Å². The summed E-state index contributed by atoms with van der Waals surface area (Å²) in [5, 5.41) is 18.9. The van der Waals surface area contributed by atoms with E-state index in [4.69, 9.17) is 0 Å². The van der Waals surface area contributed by atoms with Crippen molar-refractivity contribution in [3.63, 3.8) is 0 Å². The fourth-order valence-corrected chi connectivity index (χ4v) is 3.10. The Kier molecular flexibility index (Phi) is 3.38. The van der Waals surface area contributed by atoms with Gasteiger partial charge in [0.05, 0.1) is 11.7 Å². The predicted molar refractivity (Wildman–Crippen MR) is 82.9 cm³/mol. The molecule has 0 saturated heterocycles. The molecule has 0 amide bonds. The number of aliphatic hydroxyl groups is 1. The number of hydrogen-bond donors (Lipinski definition) is 2. The molecular formula is C17H23N3O. The van der Waals surface area contributed by atoms with Gasteiger partial charge in [-0.1, -0.05) is 45.0 Å². The van der Waals surface area contributed by atoms with Crippen LogP contribution in [0.25, 0.3) is 0 Å². The Balaban J connectivity index is 1.99. The molecule has 4 nitrogen and oxygen atoms in total. The van der Waals surface area contributed by atoms with E-state index in [2.05, 4.69) is 43.3 Å². The maximum atomic E-state index is 10.9. The Hall–Kier alpha value is -1.65. The summed E-state index contributed by atoms with van der Waals surface area (Å²) in [7, 11) is 1.90. The highest BCUT2D eigenvalue weighted by atomic mass is 16.3. The minimum atomic E-state index is -0.587. The summed E-state index contributed by atoms with van der Waals surface area (Å²) >= 11 is 0. The Bertz CT molecular complexity index is 654. The van der Waals surface area contributed by atoms with E-state index < -0.39 is 6.10 Å². The van der Waals surface area contributed by atoms with E-state index >= 15 is 0 Å². The average Bonchev–Trinajstić information content (AvgIpc) is 3.01. The van der Waals surface area contributed by atoms with Crippen LogP contribution in [0.2, 0.25) is 0 Å². The van der Waals surface area contributed by atoms with Crippen LogP contribution in [0.15, 0.2) is 30.5 Å². The first kappa shape index (κ1) is 14.3. The van der Waals surface area contributed by atoms with Gasteiger partial charge in [0.25, 0.3) is 0 Å². The van der Waals surface area contributed by atoms with E-state index in [0.717, 1.165) is 17.8 Å². The first-order valence-electron chi connectivity index (χ1n) is 7.41. The fourth-order valence-electron chi connectivity index (χ4n) is 3.10. The molecular weight excluding hydrogens is 262 g/mol. The van der Waals surface area contributed by atoms with E-state index in [1.54, 1.807) is 4.68 Å². The largest absolute Gasteiger partial charge is 0.386 e. The molecule has 2 heterocycles. The Morgan fingerprint density at radius 2 is 2.05 bits per heavy atom. The van der Waals surface area contributed by atoms with Crippen molar-refractivity contribution in [1.82, 2.24) is 15.1 Å². The number of aromatic nitrogens is 2. The molecule has 1 aromatic heterocycles. The van der Waals surface area contributed by atoms with Crippen molar-refractivity contribution in [2.45, 2.75) is 44.9 Å². The quantitative estimate of drug-likeness (QED) is 0.891. The van der Waals surface area contributed by atoms with Crippen molar-refractivity contribution in [2.24, 2.45) is 7.05 Å². The van der Waals surface area contributed by atoms with Crippen LogP contribution in [0.4, 0.5) is 0 Å². The van der Waals surface area contributed by atoms with Crippen LogP contribution in [-0.2, 0) is 19.0 Å². The summed E-state index contributed by atoms with van der Waals surface area (Å²) in [6, 6.07) is 8.21. The highest BCUT2D eigenvalue weighted by Gasteiger charge is 2.33. The molecule has 0 radical (unpaired) electrons. The molecule has 0 spiro atoms. The summed E-state index contributed by atoms with van der Waals surface area (Å²) in [5.41, 5.74) is 4.25. The van der Waals surface area contributed by atoms with Gasteiger partial charge in [-0.05, 0) is 11.1 Å². The van der Waals surface area contributed by atoms with Gasteiger partial charge in [-0.15, -0.1) is 0 Å². The number of rotatable bonds is 2. The lowest BCUT2D eigenvalue weighted by atomic mass is 9.86. The standard InChI is InChI=1S/C17H23N3O/c1-17(2,3)16-13(10-20(4)19-16)15(21)14-12-8-6-5-7-11(12)9-18-14/h5-8,10,14-15,18,21H,9H2,1-4H3. The molecule has 1 aromatic carbocycles. The van der Waals surface area contributed by atoms with Crippen LogP contribution < -0.4 is 5.32 Å². The van der Waals surface area contributed by atoms with Gasteiger partial charge in [-0.3, -0.25) is 4.68 Å². The number of nitrogens with zero attached hydrogens (tertiary/aromatic N) is 2. The van der Waals surface area contributed by atoms with Gasteiger partial charge < -0.3 is 10.4 Å². The SMILES string of the molecule is Cn1cc(C(O)C2NCc3ccccc32)c(C(C)(C)C)n1. The van der Waals surface area contributed by atoms with Crippen LogP contribution >= 0.6 is 0 Å². The van der Waals surface area contributed by atoms with E-state index in [9.17, 15) is 5.11 Å². The smallest absolute Gasteiger partial charge is 0.102 e. The molecule has 1 aliphatic heterocycles. The third-order valence-corrected chi connectivity index (χ3v) is 4.10. The van der Waals surface area contributed by atoms with E-state index in [-0.39, 0.29) is 11.5 Å². The summed E-state index contributed by atoms with van der Waals surface area (Å²) in [5.74, 6) is 0. The second-order valence-electron chi connectivity index (χ2n) is 6.86. The molecule has 0 bridgehead atoms. The first-order valence-corrected chi connectivity index (χ1v) is 7.41. The van der Waals surface area contributed by atoms with Crippen molar-refractivity contribution in [1.29, 1.82) is 0 Å². The summed E-state index contributed by atoms with van der Waals surface area (Å²) in [4.78, 5) is 0. The minimum Gasteiger partial charge on any atom is -0.386 e. The van der Waals surface area contributed by atoms with Crippen LogP contribution in [0.1, 0.15) is 55.3 Å². The van der Waals surface area contributed by atoms with Crippen LogP contribution in [0.3, 0.4) is 0 Å². The lowest BCUT2D eigenvalue weighted by molar-refractivity contribution is 0.131. The van der Waals surface area contributed by atoms with Gasteiger partial charge in [-0.25, -0.2) is 0 Å². The molecule has 4 heteroatoms. The van der Waals surface area contributed by atoms with Gasteiger partial charge in [0, 0.05) is 30.8 Å². The van der Waals surface area contributed by atoms with Gasteiger partial charge in [-0.2, -0.15) is 5.10 Å². The number of hydrogen-bond acceptors (Lipinski definition) is 3. The zero-order chi connectivity index (χ0) is 15.2. The van der Waals surface area contributed by atoms with E-state index in [0.29, 0.717) is 0 Å².